The third kappa shape index (κ3) is 14.5. The Morgan fingerprint density at radius 1 is 0.482 bits per heavy atom. The number of hydrogen-bond acceptors (Lipinski definition) is 9. The van der Waals surface area contributed by atoms with Gasteiger partial charge >= 0.3 is 5.97 Å². The molecule has 2 aliphatic rings. The van der Waals surface area contributed by atoms with Gasteiger partial charge in [0.05, 0.1) is 51.6 Å². The second kappa shape index (κ2) is 24.5. The van der Waals surface area contributed by atoms with Crippen molar-refractivity contribution in [2.45, 2.75) is 124 Å². The number of nitrogens with one attached hydrogen (secondary N) is 1. The molecule has 0 spiro atoms. The average molecular weight is 1200 g/mol. The number of rotatable bonds is 11. The summed E-state index contributed by atoms with van der Waals surface area (Å²) in [7, 11) is -6.41. The molecule has 9 nitrogen and oxygen atoms in total. The minimum Gasteiger partial charge on any atom is -0.543 e. The molecule has 3 aromatic heterocycles. The summed E-state index contributed by atoms with van der Waals surface area (Å²) in [4.78, 5) is 26.9. The first-order chi connectivity index (χ1) is 40.1. The lowest BCUT2D eigenvalue weighted by atomic mass is 10.1. The highest BCUT2D eigenvalue weighted by atomic mass is 32.1. The Hall–Kier alpha value is -8.10. The van der Waals surface area contributed by atoms with E-state index in [2.05, 4.69) is 166 Å². The zero-order valence-corrected chi connectivity index (χ0v) is 55.8. The molecule has 85 heavy (non-hydrogen) atoms. The first-order valence-electron chi connectivity index (χ1n) is 29.0. The number of esters is 1. The van der Waals surface area contributed by atoms with Crippen molar-refractivity contribution in [3.63, 3.8) is 0 Å². The lowest BCUT2D eigenvalue weighted by Crippen LogP contribution is -2.43. The number of thiophene rings is 1. The molecule has 0 atom stereocenters. The Kier molecular flexibility index (Phi) is 17.7. The summed E-state index contributed by atoms with van der Waals surface area (Å²) >= 11 is 1.63. The Morgan fingerprint density at radius 3 is 1.35 bits per heavy atom. The smallest absolute Gasteiger partial charge is 0.344 e. The van der Waals surface area contributed by atoms with Gasteiger partial charge in [-0.3, -0.25) is 0 Å². The van der Waals surface area contributed by atoms with Crippen LogP contribution in [0.25, 0.3) is 55.9 Å². The summed E-state index contributed by atoms with van der Waals surface area (Å²) in [6, 6.07) is 40.3. The van der Waals surface area contributed by atoms with Crippen molar-refractivity contribution in [2.24, 2.45) is 0 Å². The number of nitrogens with zero attached hydrogens (tertiary/aromatic N) is 2. The first kappa shape index (κ1) is 61.5. The number of aromatic amines is 1. The molecule has 0 saturated carbocycles. The maximum absolute atomic E-state index is 12.3. The van der Waals surface area contributed by atoms with Crippen LogP contribution in [0.1, 0.15) is 125 Å². The predicted molar refractivity (Wildman–Crippen MR) is 361 cm³/mol. The van der Waals surface area contributed by atoms with Crippen LogP contribution in [-0.4, -0.2) is 59.1 Å². The Bertz CT molecular complexity index is 3960. The summed E-state index contributed by atoms with van der Waals surface area (Å²) in [5.41, 5.74) is 10.7. The van der Waals surface area contributed by atoms with Crippen molar-refractivity contribution in [3.8, 4) is 69.6 Å². The van der Waals surface area contributed by atoms with Crippen molar-refractivity contribution in [3.05, 3.63) is 177 Å². The Labute approximate surface area is 510 Å². The van der Waals surface area contributed by atoms with Gasteiger partial charge in [0.2, 0.25) is 25.0 Å². The SMILES string of the molecule is CCOC(=O)COc1ccc(-c2c3ccc([nH]3)c(C#Cc3cccc(O[Si](C)(C)C(C)(C)C)c3)c3nc(c(C#Cc4cccc(O[Si](C)(C)C(C)(C)C)c4)c4nc(c(C#Cc5cccc(O[Si](C)(C)C(C)(C)C)c5)c5ccc2s5)C=C4)C=C3)cc1. The standard InChI is InChI=1S/C72H77N3O6SSi3/c1-17-77-68(76)48-78-53-32-30-52(31-33-53)69-65-42-41-63(75-65)58(35-28-50-22-19-25-55(46-50)80-84(13,14)71(5,6)7)61-38-37-60(73-61)57(34-27-49-21-18-24-54(45-49)79-83(11,12)70(2,3)4)62-39-40-64(74-62)59(66-43-44-67(69)82-66)36-29-51-23-20-26-56(47-51)81-85(15,16)72(8,9)10/h18-26,30-33,37-47,75H,17,48H2,1-16H3. The zero-order valence-electron chi connectivity index (χ0n) is 52.0. The quantitative estimate of drug-likeness (QED) is 0.0776. The van der Waals surface area contributed by atoms with Crippen LogP contribution < -0.4 is 18.0 Å². The minimum absolute atomic E-state index is 0.0205. The molecular weight excluding hydrogens is 1120 g/mol. The average Bonchev–Trinajstić information content (AvgIpc) is 3.18. The zero-order chi connectivity index (χ0) is 61.1. The van der Waals surface area contributed by atoms with Crippen LogP contribution in [0.4, 0.5) is 0 Å². The van der Waals surface area contributed by atoms with E-state index in [0.29, 0.717) is 39.7 Å². The van der Waals surface area contributed by atoms with Crippen LogP contribution >= 0.6 is 11.3 Å². The number of carbonyl (C=O) groups is 1. The van der Waals surface area contributed by atoms with Crippen molar-refractivity contribution in [2.75, 3.05) is 13.2 Å². The van der Waals surface area contributed by atoms with Gasteiger partial charge < -0.3 is 27.7 Å². The summed E-state index contributed by atoms with van der Waals surface area (Å²) in [6.07, 6.45) is 8.04. The number of hydrogen-bond donors (Lipinski definition) is 1. The van der Waals surface area contributed by atoms with Gasteiger partial charge in [0.1, 0.15) is 23.0 Å². The monoisotopic (exact) mass is 1200 g/mol. The van der Waals surface area contributed by atoms with Gasteiger partial charge in [-0.15, -0.1) is 11.3 Å². The Balaban J connectivity index is 1.30. The van der Waals surface area contributed by atoms with E-state index < -0.39 is 30.9 Å². The second-order valence-corrected chi connectivity index (χ2v) is 41.2. The summed E-state index contributed by atoms with van der Waals surface area (Å²) in [6.45, 7) is 35.5. The molecule has 13 heteroatoms. The summed E-state index contributed by atoms with van der Waals surface area (Å²) in [5, 5.41) is 0.0641. The van der Waals surface area contributed by atoms with E-state index in [9.17, 15) is 4.79 Å². The second-order valence-electron chi connectivity index (χ2n) is 25.9. The van der Waals surface area contributed by atoms with Crippen molar-refractivity contribution < 1.29 is 27.5 Å². The van der Waals surface area contributed by atoms with Crippen LogP contribution in [0.5, 0.6) is 23.0 Å². The Morgan fingerprint density at radius 2 is 0.894 bits per heavy atom. The molecule has 0 radical (unpaired) electrons. The number of aromatic nitrogens is 3. The molecule has 434 valence electrons. The van der Waals surface area contributed by atoms with Crippen molar-refractivity contribution in [1.82, 2.24) is 15.0 Å². The third-order valence-corrected chi connectivity index (χ3v) is 30.7. The number of H-pyrrole nitrogens is 1. The molecule has 0 amide bonds. The fraction of sp³-hybridized carbons (Fsp3) is 0.292. The van der Waals surface area contributed by atoms with Crippen molar-refractivity contribution >= 4 is 87.0 Å². The third-order valence-electron chi connectivity index (χ3n) is 16.5. The van der Waals surface area contributed by atoms with Gasteiger partial charge in [0, 0.05) is 37.2 Å². The van der Waals surface area contributed by atoms with Gasteiger partial charge in [-0.1, -0.05) is 128 Å². The molecule has 7 aromatic rings. The van der Waals surface area contributed by atoms with Crippen LogP contribution in [0.3, 0.4) is 0 Å². The molecule has 9 rings (SSSR count). The molecule has 0 saturated heterocycles. The fourth-order valence-electron chi connectivity index (χ4n) is 8.51. The molecule has 0 unspecified atom stereocenters. The lowest BCUT2D eigenvalue weighted by Gasteiger charge is -2.36. The van der Waals surface area contributed by atoms with E-state index >= 15 is 0 Å². The molecule has 4 aromatic carbocycles. The number of benzene rings is 4. The topological polar surface area (TPSA) is 105 Å². The van der Waals surface area contributed by atoms with Gasteiger partial charge in [-0.2, -0.15) is 0 Å². The maximum atomic E-state index is 12.3. The first-order valence-corrected chi connectivity index (χ1v) is 38.5. The normalized spacial score (nSPS) is 12.5. The summed E-state index contributed by atoms with van der Waals surface area (Å²) in [5.74, 6) is 23.8. The van der Waals surface area contributed by atoms with Gasteiger partial charge in [0.25, 0.3) is 0 Å². The lowest BCUT2D eigenvalue weighted by molar-refractivity contribution is -0.145. The highest BCUT2D eigenvalue weighted by Gasteiger charge is 2.41. The highest BCUT2D eigenvalue weighted by Crippen LogP contribution is 2.41. The molecule has 8 bridgehead atoms. The molecule has 5 heterocycles. The fourth-order valence-corrected chi connectivity index (χ4v) is 12.7. The molecule has 0 fully saturated rings. The van der Waals surface area contributed by atoms with E-state index in [-0.39, 0.29) is 28.3 Å². The van der Waals surface area contributed by atoms with Crippen molar-refractivity contribution in [1.29, 1.82) is 0 Å². The minimum atomic E-state index is -2.14. The van der Waals surface area contributed by atoms with Gasteiger partial charge in [-0.25, -0.2) is 14.8 Å². The van der Waals surface area contributed by atoms with Crippen LogP contribution in [-0.2, 0) is 9.53 Å². The van der Waals surface area contributed by atoms with E-state index in [1.807, 2.05) is 121 Å². The molecule has 1 N–H and O–H groups in total. The van der Waals surface area contributed by atoms with E-state index in [4.69, 9.17) is 32.7 Å². The predicted octanol–water partition coefficient (Wildman–Crippen LogP) is 18.3. The highest BCUT2D eigenvalue weighted by molar-refractivity contribution is 7.24. The van der Waals surface area contributed by atoms with Gasteiger partial charge in [-0.05, 0) is 182 Å². The number of ether oxygens (including phenoxy) is 2. The van der Waals surface area contributed by atoms with Crippen LogP contribution in [0, 0.1) is 35.5 Å². The molecule has 2 aliphatic heterocycles. The van der Waals surface area contributed by atoms with Crippen LogP contribution in [0.2, 0.25) is 54.4 Å². The number of fused-ring (bicyclic) bond motifs is 8. The molecular formula is C72H77N3O6SSi3. The summed E-state index contributed by atoms with van der Waals surface area (Å²) < 4.78 is 33.1. The number of carbonyl (C=O) groups excluding carboxylic acids is 1. The molecule has 0 aliphatic carbocycles. The van der Waals surface area contributed by atoms with E-state index in [1.165, 1.54) is 0 Å². The van der Waals surface area contributed by atoms with Crippen LogP contribution in [0.15, 0.2) is 121 Å². The van der Waals surface area contributed by atoms with E-state index in [1.54, 1.807) is 18.3 Å². The van der Waals surface area contributed by atoms with Gasteiger partial charge in [0.15, 0.2) is 6.61 Å². The largest absolute Gasteiger partial charge is 0.543 e. The van der Waals surface area contributed by atoms with E-state index in [0.717, 1.165) is 71.1 Å². The maximum Gasteiger partial charge on any atom is 0.344 e.